The molecule has 1 fully saturated rings. The number of carbonyl (C=O) groups is 1. The van der Waals surface area contributed by atoms with Gasteiger partial charge in [0.1, 0.15) is 0 Å². The molecule has 19 heavy (non-hydrogen) atoms. The van der Waals surface area contributed by atoms with Crippen LogP contribution in [-0.2, 0) is 15.0 Å². The van der Waals surface area contributed by atoms with E-state index in [1.165, 1.54) is 16.7 Å². The molecule has 1 aliphatic rings. The monoisotopic (exact) mass is 285 g/mol. The van der Waals surface area contributed by atoms with Crippen LogP contribution in [0.4, 0.5) is 5.69 Å². The number of aliphatic carboxylic acids is 1. The molecule has 0 amide bonds. The van der Waals surface area contributed by atoms with Gasteiger partial charge in [-0.1, -0.05) is 0 Å². The smallest absolute Gasteiger partial charge is 0.306 e. The number of rotatable bonds is 4. The van der Waals surface area contributed by atoms with Crippen LogP contribution in [0, 0.1) is 5.92 Å². The van der Waals surface area contributed by atoms with Gasteiger partial charge in [-0.2, -0.15) is 12.7 Å². The van der Waals surface area contributed by atoms with Crippen LogP contribution in [0.2, 0.25) is 0 Å². The van der Waals surface area contributed by atoms with E-state index in [4.69, 9.17) is 5.11 Å². The molecular formula is C11H15N3O4S. The Hall–Kier alpha value is -1.67. The van der Waals surface area contributed by atoms with Gasteiger partial charge in [-0.25, -0.2) is 0 Å². The van der Waals surface area contributed by atoms with Crippen LogP contribution in [0.25, 0.3) is 0 Å². The number of piperidine rings is 1. The molecule has 0 radical (unpaired) electrons. The molecule has 2 N–H and O–H groups in total. The first-order chi connectivity index (χ1) is 8.99. The summed E-state index contributed by atoms with van der Waals surface area (Å²) in [7, 11) is -3.62. The van der Waals surface area contributed by atoms with Crippen molar-refractivity contribution in [1.29, 1.82) is 0 Å². The van der Waals surface area contributed by atoms with Crippen molar-refractivity contribution in [1.82, 2.24) is 9.29 Å². The molecule has 8 heteroatoms. The van der Waals surface area contributed by atoms with Crippen LogP contribution < -0.4 is 4.72 Å². The number of hydrogen-bond donors (Lipinski definition) is 2. The third-order valence-corrected chi connectivity index (χ3v) is 4.61. The third kappa shape index (κ3) is 3.42. The first-order valence-electron chi connectivity index (χ1n) is 5.90. The van der Waals surface area contributed by atoms with E-state index in [2.05, 4.69) is 9.71 Å². The molecule has 0 unspecified atom stereocenters. The summed E-state index contributed by atoms with van der Waals surface area (Å²) < 4.78 is 27.9. The van der Waals surface area contributed by atoms with Crippen LogP contribution >= 0.6 is 0 Å². The van der Waals surface area contributed by atoms with E-state index in [-0.39, 0.29) is 13.1 Å². The maximum Gasteiger partial charge on any atom is 0.306 e. The second-order valence-corrected chi connectivity index (χ2v) is 6.03. The van der Waals surface area contributed by atoms with Crippen molar-refractivity contribution in [2.45, 2.75) is 12.8 Å². The highest BCUT2D eigenvalue weighted by atomic mass is 32.2. The van der Waals surface area contributed by atoms with E-state index < -0.39 is 22.1 Å². The van der Waals surface area contributed by atoms with Gasteiger partial charge >= 0.3 is 16.2 Å². The van der Waals surface area contributed by atoms with Crippen LogP contribution in [0.3, 0.4) is 0 Å². The molecule has 0 aromatic carbocycles. The largest absolute Gasteiger partial charge is 0.481 e. The number of carboxylic acid groups (broad SMARTS) is 1. The number of aromatic nitrogens is 1. The lowest BCUT2D eigenvalue weighted by Crippen LogP contribution is -2.42. The molecule has 0 spiro atoms. The Balaban J connectivity index is 2.00. The van der Waals surface area contributed by atoms with E-state index in [0.717, 1.165) is 0 Å². The van der Waals surface area contributed by atoms with Crippen LogP contribution in [0.5, 0.6) is 0 Å². The summed E-state index contributed by atoms with van der Waals surface area (Å²) in [6.45, 7) is 0.439. The zero-order valence-corrected chi connectivity index (χ0v) is 11.0. The Morgan fingerprint density at radius 1 is 1.32 bits per heavy atom. The number of pyridine rings is 1. The Kier molecular flexibility index (Phi) is 4.01. The predicted molar refractivity (Wildman–Crippen MR) is 68.7 cm³/mol. The summed E-state index contributed by atoms with van der Waals surface area (Å²) in [6, 6.07) is 3.11. The summed E-state index contributed by atoms with van der Waals surface area (Å²) in [5, 5.41) is 8.87. The van der Waals surface area contributed by atoms with Gasteiger partial charge in [0.05, 0.1) is 11.6 Å². The number of anilines is 1. The topological polar surface area (TPSA) is 99.6 Å². The first-order valence-corrected chi connectivity index (χ1v) is 7.34. The van der Waals surface area contributed by atoms with Gasteiger partial charge in [0.2, 0.25) is 0 Å². The van der Waals surface area contributed by atoms with Crippen LogP contribution in [0.15, 0.2) is 24.5 Å². The fraction of sp³-hybridized carbons (Fsp3) is 0.455. The quantitative estimate of drug-likeness (QED) is 0.841. The Morgan fingerprint density at radius 2 is 1.89 bits per heavy atom. The van der Waals surface area contributed by atoms with Crippen molar-refractivity contribution in [3.8, 4) is 0 Å². The van der Waals surface area contributed by atoms with E-state index in [1.807, 2.05) is 0 Å². The van der Waals surface area contributed by atoms with Gasteiger partial charge in [-0.05, 0) is 25.0 Å². The fourth-order valence-electron chi connectivity index (χ4n) is 1.98. The van der Waals surface area contributed by atoms with Crippen molar-refractivity contribution >= 4 is 21.9 Å². The third-order valence-electron chi connectivity index (χ3n) is 3.07. The minimum Gasteiger partial charge on any atom is -0.481 e. The molecule has 1 aromatic rings. The minimum atomic E-state index is -3.62. The fourth-order valence-corrected chi connectivity index (χ4v) is 3.23. The molecule has 7 nitrogen and oxygen atoms in total. The van der Waals surface area contributed by atoms with Gasteiger partial charge in [0.25, 0.3) is 0 Å². The van der Waals surface area contributed by atoms with Crippen LogP contribution in [0.1, 0.15) is 12.8 Å². The molecule has 1 aromatic heterocycles. The van der Waals surface area contributed by atoms with Crippen molar-refractivity contribution in [3.63, 3.8) is 0 Å². The molecule has 0 saturated carbocycles. The molecule has 0 aliphatic carbocycles. The summed E-state index contributed by atoms with van der Waals surface area (Å²) in [5.41, 5.74) is 0.440. The Morgan fingerprint density at radius 3 is 2.42 bits per heavy atom. The van der Waals surface area contributed by atoms with Gasteiger partial charge in [-0.15, -0.1) is 0 Å². The SMILES string of the molecule is O=C(O)C1CCN(S(=O)(=O)Nc2ccncc2)CC1. The molecule has 2 heterocycles. The number of nitrogens with zero attached hydrogens (tertiary/aromatic N) is 2. The highest BCUT2D eigenvalue weighted by molar-refractivity contribution is 7.90. The molecule has 1 aliphatic heterocycles. The zero-order valence-electron chi connectivity index (χ0n) is 10.2. The van der Waals surface area contributed by atoms with Gasteiger partial charge < -0.3 is 5.11 Å². The lowest BCUT2D eigenvalue weighted by atomic mass is 9.99. The molecular weight excluding hydrogens is 270 g/mol. The molecule has 2 rings (SSSR count). The molecule has 104 valence electrons. The predicted octanol–water partition coefficient (Wildman–Crippen LogP) is 0.535. The average Bonchev–Trinajstić information content (AvgIpc) is 2.39. The summed E-state index contributed by atoms with van der Waals surface area (Å²) in [6.07, 6.45) is 3.67. The first kappa shape index (κ1) is 13.8. The second kappa shape index (κ2) is 5.54. The zero-order chi connectivity index (χ0) is 13.9. The van der Waals surface area contributed by atoms with Gasteiger partial charge in [-0.3, -0.25) is 14.5 Å². The molecule has 0 atom stereocenters. The average molecular weight is 285 g/mol. The van der Waals surface area contributed by atoms with Crippen molar-refractivity contribution in [3.05, 3.63) is 24.5 Å². The highest BCUT2D eigenvalue weighted by Crippen LogP contribution is 2.20. The van der Waals surface area contributed by atoms with E-state index in [0.29, 0.717) is 18.5 Å². The van der Waals surface area contributed by atoms with Gasteiger partial charge in [0, 0.05) is 25.5 Å². The summed E-state index contributed by atoms with van der Waals surface area (Å²) in [4.78, 5) is 14.6. The molecule has 0 bridgehead atoms. The minimum absolute atomic E-state index is 0.220. The van der Waals surface area contributed by atoms with E-state index >= 15 is 0 Å². The number of nitrogens with one attached hydrogen (secondary N) is 1. The normalized spacial score (nSPS) is 18.1. The summed E-state index contributed by atoms with van der Waals surface area (Å²) >= 11 is 0. The van der Waals surface area contributed by atoms with Crippen LogP contribution in [-0.4, -0.2) is 41.9 Å². The van der Waals surface area contributed by atoms with Gasteiger partial charge in [0.15, 0.2) is 0 Å². The lowest BCUT2D eigenvalue weighted by molar-refractivity contribution is -0.142. The number of hydrogen-bond acceptors (Lipinski definition) is 4. The van der Waals surface area contributed by atoms with Crippen molar-refractivity contribution in [2.24, 2.45) is 5.92 Å². The van der Waals surface area contributed by atoms with E-state index in [1.54, 1.807) is 12.1 Å². The van der Waals surface area contributed by atoms with Crippen molar-refractivity contribution < 1.29 is 18.3 Å². The Labute approximate surface area is 111 Å². The Bertz CT molecular complexity index is 538. The number of carboxylic acids is 1. The maximum absolute atomic E-state index is 12.1. The standard InChI is InChI=1S/C11H15N3O4S/c15-11(16)9-3-7-14(8-4-9)19(17,18)13-10-1-5-12-6-2-10/h1-2,5-6,9H,3-4,7-8H2,(H,12,13)(H,15,16). The summed E-state index contributed by atoms with van der Waals surface area (Å²) in [5.74, 6) is -1.31. The lowest BCUT2D eigenvalue weighted by Gasteiger charge is -2.29. The maximum atomic E-state index is 12.1. The molecule has 1 saturated heterocycles. The highest BCUT2D eigenvalue weighted by Gasteiger charge is 2.30. The van der Waals surface area contributed by atoms with Crippen molar-refractivity contribution in [2.75, 3.05) is 17.8 Å². The second-order valence-electron chi connectivity index (χ2n) is 4.35. The van der Waals surface area contributed by atoms with E-state index in [9.17, 15) is 13.2 Å².